The molecule has 3 rings (SSSR count). The average molecular weight is 750 g/mol. The van der Waals surface area contributed by atoms with Gasteiger partial charge in [0, 0.05) is 19.6 Å². The quantitative estimate of drug-likeness (QED) is 0.152. The molecule has 1 saturated heterocycles. The third-order valence-electron chi connectivity index (χ3n) is 11.3. The van der Waals surface area contributed by atoms with E-state index < -0.39 is 65.9 Å². The molecule has 1 aliphatic heterocycles. The van der Waals surface area contributed by atoms with Gasteiger partial charge in [0.2, 0.25) is 29.5 Å². The Balaban J connectivity index is 1.97. The van der Waals surface area contributed by atoms with E-state index in [1.54, 1.807) is 7.05 Å². The molecule has 0 aromatic carbocycles. The van der Waals surface area contributed by atoms with E-state index in [9.17, 15) is 24.0 Å². The number of nitrogens with one attached hydrogen (secondary N) is 4. The predicted octanol–water partition coefficient (Wildman–Crippen LogP) is 2.12. The van der Waals surface area contributed by atoms with Crippen LogP contribution < -0.4 is 32.7 Å². The molecule has 14 nitrogen and oxygen atoms in total. The summed E-state index contributed by atoms with van der Waals surface area (Å²) >= 11 is 0. The highest BCUT2D eigenvalue weighted by molar-refractivity contribution is 5.96. The zero-order valence-corrected chi connectivity index (χ0v) is 33.3. The van der Waals surface area contributed by atoms with Crippen LogP contribution in [-0.4, -0.2) is 110 Å². The molecular formula is C39H71N7O7. The Hall–Kier alpha value is -2.81. The van der Waals surface area contributed by atoms with E-state index in [-0.39, 0.29) is 43.6 Å². The minimum Gasteiger partial charge on any atom is -0.376 e. The average Bonchev–Trinajstić information content (AvgIpc) is 3.12. The van der Waals surface area contributed by atoms with E-state index in [1.807, 2.05) is 27.7 Å². The summed E-state index contributed by atoms with van der Waals surface area (Å²) < 4.78 is 12.4. The number of nitrogens with zero attached hydrogens (tertiary/aromatic N) is 1. The Labute approximate surface area is 317 Å². The molecule has 14 heteroatoms. The molecule has 0 bridgehead atoms. The van der Waals surface area contributed by atoms with Crippen molar-refractivity contribution in [1.82, 2.24) is 26.2 Å². The summed E-state index contributed by atoms with van der Waals surface area (Å²) in [5.41, 5.74) is 11.8. The Morgan fingerprint density at radius 1 is 0.830 bits per heavy atom. The van der Waals surface area contributed by atoms with E-state index in [0.717, 1.165) is 70.6 Å². The van der Waals surface area contributed by atoms with Crippen LogP contribution in [0.2, 0.25) is 0 Å². The fourth-order valence-electron chi connectivity index (χ4n) is 7.72. The van der Waals surface area contributed by atoms with Gasteiger partial charge in [0.1, 0.15) is 24.2 Å². The second-order valence-corrected chi connectivity index (χ2v) is 16.3. The molecule has 7 atom stereocenters. The van der Waals surface area contributed by atoms with Crippen molar-refractivity contribution in [1.29, 1.82) is 0 Å². The SMILES string of the molecule is CCCCCC[C@H]1OC[C@@H](C)NC(=O)[C@H](COC2CC(CN)C2)NC(=O)[C@H](CN)NC(=O)[C@H](C2CCCCC2)NC(=O)[C@H](CC(C)C)N(C)C(=O)[C@@H]1C. The summed E-state index contributed by atoms with van der Waals surface area (Å²) in [5, 5.41) is 11.5. The van der Waals surface area contributed by atoms with Gasteiger partial charge in [-0.3, -0.25) is 24.0 Å². The van der Waals surface area contributed by atoms with Crippen molar-refractivity contribution in [2.24, 2.45) is 35.1 Å². The van der Waals surface area contributed by atoms with Crippen molar-refractivity contribution in [2.45, 2.75) is 161 Å². The summed E-state index contributed by atoms with van der Waals surface area (Å²) in [6.07, 6.45) is 10.4. The lowest BCUT2D eigenvalue weighted by Gasteiger charge is -2.36. The van der Waals surface area contributed by atoms with Crippen LogP contribution in [0.3, 0.4) is 0 Å². The Bertz CT molecular complexity index is 1180. The number of rotatable bonds is 13. The number of unbranched alkanes of at least 4 members (excludes halogenated alkanes) is 3. The first-order chi connectivity index (χ1) is 25.3. The van der Waals surface area contributed by atoms with Crippen molar-refractivity contribution < 1.29 is 33.4 Å². The molecule has 1 heterocycles. The van der Waals surface area contributed by atoms with Gasteiger partial charge in [0.05, 0.1) is 31.3 Å². The number of amides is 5. The zero-order valence-electron chi connectivity index (χ0n) is 33.3. The lowest BCUT2D eigenvalue weighted by molar-refractivity contribution is -0.147. The first-order valence-corrected chi connectivity index (χ1v) is 20.4. The van der Waals surface area contributed by atoms with Gasteiger partial charge in [-0.05, 0) is 69.7 Å². The smallest absolute Gasteiger partial charge is 0.245 e. The van der Waals surface area contributed by atoms with Crippen LogP contribution in [0.5, 0.6) is 0 Å². The van der Waals surface area contributed by atoms with Gasteiger partial charge in [-0.2, -0.15) is 0 Å². The van der Waals surface area contributed by atoms with E-state index in [0.29, 0.717) is 25.3 Å². The standard InChI is InChI=1S/C39H71N7O7/c1-7-8-9-13-16-33-26(5)39(51)46(6)32(17-24(2)3)37(49)45-34(28-14-11-10-12-15-28)38(50)43-30(21-41)35(47)44-31(36(48)42-25(4)22-53-33)23-52-29-18-27(19-29)20-40/h24-34H,7-23,40-41H2,1-6H3,(H,42,48)(H,43,50)(H,44,47)(H,45,49)/t25-,26-,27?,29?,30+,31+,32+,33-,34+/m1/s1. The number of carbonyl (C=O) groups excluding carboxylic acids is 5. The Kier molecular flexibility index (Phi) is 19.0. The van der Waals surface area contributed by atoms with Gasteiger partial charge in [-0.15, -0.1) is 0 Å². The van der Waals surface area contributed by atoms with Gasteiger partial charge in [-0.1, -0.05) is 72.6 Å². The fraction of sp³-hybridized carbons (Fsp3) is 0.872. The molecule has 2 aliphatic carbocycles. The largest absolute Gasteiger partial charge is 0.376 e. The van der Waals surface area contributed by atoms with Gasteiger partial charge in [-0.25, -0.2) is 0 Å². The van der Waals surface area contributed by atoms with E-state index in [2.05, 4.69) is 28.2 Å². The third kappa shape index (κ3) is 13.8. The summed E-state index contributed by atoms with van der Waals surface area (Å²) in [6, 6.07) is -4.46. The van der Waals surface area contributed by atoms with Crippen molar-refractivity contribution in [3.05, 3.63) is 0 Å². The van der Waals surface area contributed by atoms with Gasteiger partial charge in [0.25, 0.3) is 0 Å². The van der Waals surface area contributed by atoms with E-state index in [1.165, 1.54) is 4.90 Å². The first kappa shape index (κ1) is 44.6. The first-order valence-electron chi connectivity index (χ1n) is 20.4. The molecule has 5 amide bonds. The van der Waals surface area contributed by atoms with Crippen LogP contribution in [0.15, 0.2) is 0 Å². The van der Waals surface area contributed by atoms with Crippen molar-refractivity contribution in [3.8, 4) is 0 Å². The highest BCUT2D eigenvalue weighted by Crippen LogP contribution is 2.30. The number of hydrogen-bond acceptors (Lipinski definition) is 9. The molecule has 0 radical (unpaired) electrons. The summed E-state index contributed by atoms with van der Waals surface area (Å²) in [7, 11) is 1.65. The van der Waals surface area contributed by atoms with Crippen LogP contribution in [0.25, 0.3) is 0 Å². The maximum atomic E-state index is 14.2. The maximum Gasteiger partial charge on any atom is 0.245 e. The molecule has 0 spiro atoms. The molecule has 3 fully saturated rings. The van der Waals surface area contributed by atoms with Crippen LogP contribution in [-0.2, 0) is 33.4 Å². The van der Waals surface area contributed by atoms with E-state index >= 15 is 0 Å². The van der Waals surface area contributed by atoms with Crippen molar-refractivity contribution in [2.75, 3.05) is 33.4 Å². The zero-order chi connectivity index (χ0) is 39.1. The minimum atomic E-state index is -1.17. The predicted molar refractivity (Wildman–Crippen MR) is 204 cm³/mol. The van der Waals surface area contributed by atoms with Crippen molar-refractivity contribution in [3.63, 3.8) is 0 Å². The molecule has 0 aromatic rings. The summed E-state index contributed by atoms with van der Waals surface area (Å²) in [5.74, 6) is -2.51. The number of likely N-dealkylation sites (N-methyl/N-ethyl adjacent to an activating group) is 1. The molecule has 0 aromatic heterocycles. The maximum absolute atomic E-state index is 14.2. The molecule has 2 saturated carbocycles. The van der Waals surface area contributed by atoms with Crippen LogP contribution >= 0.6 is 0 Å². The lowest BCUT2D eigenvalue weighted by atomic mass is 9.82. The highest BCUT2D eigenvalue weighted by Gasteiger charge is 2.39. The molecule has 8 N–H and O–H groups in total. The molecule has 53 heavy (non-hydrogen) atoms. The van der Waals surface area contributed by atoms with Crippen LogP contribution in [0.4, 0.5) is 0 Å². The molecule has 0 unspecified atom stereocenters. The molecular weight excluding hydrogens is 678 g/mol. The Morgan fingerprint density at radius 3 is 2.11 bits per heavy atom. The normalized spacial score (nSPS) is 32.1. The van der Waals surface area contributed by atoms with Gasteiger partial charge >= 0.3 is 0 Å². The van der Waals surface area contributed by atoms with Gasteiger partial charge in [0.15, 0.2) is 0 Å². The van der Waals surface area contributed by atoms with Gasteiger partial charge < -0.3 is 47.1 Å². The van der Waals surface area contributed by atoms with Crippen LogP contribution in [0, 0.1) is 23.7 Å². The second-order valence-electron chi connectivity index (χ2n) is 16.3. The number of nitrogens with two attached hydrogens (primary N) is 2. The summed E-state index contributed by atoms with van der Waals surface area (Å²) in [4.78, 5) is 71.4. The van der Waals surface area contributed by atoms with Crippen LogP contribution in [0.1, 0.15) is 118 Å². The minimum absolute atomic E-state index is 0.0685. The monoisotopic (exact) mass is 750 g/mol. The Morgan fingerprint density at radius 2 is 1.49 bits per heavy atom. The number of carbonyl (C=O) groups is 5. The molecule has 304 valence electrons. The van der Waals surface area contributed by atoms with E-state index in [4.69, 9.17) is 20.9 Å². The fourth-order valence-corrected chi connectivity index (χ4v) is 7.72. The highest BCUT2D eigenvalue weighted by atomic mass is 16.5. The lowest BCUT2D eigenvalue weighted by Crippen LogP contribution is -2.62. The van der Waals surface area contributed by atoms with Crippen molar-refractivity contribution >= 4 is 29.5 Å². The number of hydrogen-bond donors (Lipinski definition) is 6. The number of ether oxygens (including phenoxy) is 2. The molecule has 3 aliphatic rings. The summed E-state index contributed by atoms with van der Waals surface area (Å²) in [6.45, 7) is 10.2. The third-order valence-corrected chi connectivity index (χ3v) is 11.3. The topological polar surface area (TPSA) is 207 Å². The second kappa shape index (κ2) is 22.5.